The summed E-state index contributed by atoms with van der Waals surface area (Å²) in [5.74, 6) is 0. The number of pyridine rings is 1. The number of ether oxygens (including phenoxy) is 1. The van der Waals surface area contributed by atoms with Crippen molar-refractivity contribution < 1.29 is 13.2 Å². The van der Waals surface area contributed by atoms with Crippen molar-refractivity contribution in [3.63, 3.8) is 0 Å². The fraction of sp³-hybridized carbons (Fsp3) is 0.615. The van der Waals surface area contributed by atoms with E-state index in [-0.39, 0.29) is 4.90 Å². The predicted molar refractivity (Wildman–Crippen MR) is 72.3 cm³/mol. The number of sulfonamides is 1. The zero-order valence-corrected chi connectivity index (χ0v) is 11.7. The van der Waals surface area contributed by atoms with Crippen LogP contribution in [-0.4, -0.2) is 32.7 Å². The zero-order chi connectivity index (χ0) is 13.6. The molecule has 1 heterocycles. The SMILES string of the molecule is O=S(=O)(NCCCOC1CCCC1)c1cccnc1. The number of hydrogen-bond donors (Lipinski definition) is 1. The summed E-state index contributed by atoms with van der Waals surface area (Å²) >= 11 is 0. The van der Waals surface area contributed by atoms with Crippen LogP contribution in [0.3, 0.4) is 0 Å². The Labute approximate surface area is 114 Å². The highest BCUT2D eigenvalue weighted by Gasteiger charge is 2.15. The molecule has 1 fully saturated rings. The number of hydrogen-bond acceptors (Lipinski definition) is 4. The van der Waals surface area contributed by atoms with Gasteiger partial charge in [0.1, 0.15) is 4.90 Å². The summed E-state index contributed by atoms with van der Waals surface area (Å²) in [6.07, 6.45) is 8.75. The van der Waals surface area contributed by atoms with Crippen LogP contribution in [-0.2, 0) is 14.8 Å². The maximum atomic E-state index is 11.9. The molecule has 0 atom stereocenters. The Morgan fingerprint density at radius 2 is 2.16 bits per heavy atom. The van der Waals surface area contributed by atoms with Gasteiger partial charge in [0.2, 0.25) is 10.0 Å². The molecule has 0 aromatic carbocycles. The molecule has 5 nitrogen and oxygen atoms in total. The third-order valence-corrected chi connectivity index (χ3v) is 4.66. The normalized spacial score (nSPS) is 16.8. The van der Waals surface area contributed by atoms with Crippen LogP contribution in [0.2, 0.25) is 0 Å². The Kier molecular flexibility index (Phi) is 5.30. The van der Waals surface area contributed by atoms with Gasteiger partial charge in [-0.25, -0.2) is 13.1 Å². The quantitative estimate of drug-likeness (QED) is 0.774. The molecule has 106 valence electrons. The fourth-order valence-corrected chi connectivity index (χ4v) is 3.21. The van der Waals surface area contributed by atoms with Crippen molar-refractivity contribution in [2.45, 2.75) is 43.1 Å². The molecule has 6 heteroatoms. The van der Waals surface area contributed by atoms with Gasteiger partial charge in [0.25, 0.3) is 0 Å². The smallest absolute Gasteiger partial charge is 0.242 e. The maximum absolute atomic E-state index is 11.9. The molecule has 1 aliphatic carbocycles. The minimum Gasteiger partial charge on any atom is -0.378 e. The molecule has 0 saturated heterocycles. The number of nitrogens with zero attached hydrogens (tertiary/aromatic N) is 1. The van der Waals surface area contributed by atoms with E-state index in [2.05, 4.69) is 9.71 Å². The van der Waals surface area contributed by atoms with E-state index in [1.807, 2.05) is 0 Å². The lowest BCUT2D eigenvalue weighted by molar-refractivity contribution is 0.0575. The largest absolute Gasteiger partial charge is 0.378 e. The highest BCUT2D eigenvalue weighted by molar-refractivity contribution is 7.89. The minimum absolute atomic E-state index is 0.201. The van der Waals surface area contributed by atoms with Gasteiger partial charge >= 0.3 is 0 Å². The van der Waals surface area contributed by atoms with Gasteiger partial charge in [-0.3, -0.25) is 4.98 Å². The number of aromatic nitrogens is 1. The fourth-order valence-electron chi connectivity index (χ4n) is 2.17. The Balaban J connectivity index is 1.67. The number of rotatable bonds is 7. The van der Waals surface area contributed by atoms with Gasteiger partial charge < -0.3 is 4.74 Å². The van der Waals surface area contributed by atoms with Gasteiger partial charge in [-0.1, -0.05) is 12.8 Å². The second-order valence-electron chi connectivity index (χ2n) is 4.72. The molecule has 1 aliphatic rings. The number of nitrogens with one attached hydrogen (secondary N) is 1. The van der Waals surface area contributed by atoms with Crippen molar-refractivity contribution in [2.24, 2.45) is 0 Å². The summed E-state index contributed by atoms with van der Waals surface area (Å²) in [7, 11) is -3.43. The third kappa shape index (κ3) is 4.56. The summed E-state index contributed by atoms with van der Waals surface area (Å²) in [4.78, 5) is 4.00. The van der Waals surface area contributed by atoms with Crippen molar-refractivity contribution in [3.8, 4) is 0 Å². The maximum Gasteiger partial charge on any atom is 0.242 e. The van der Waals surface area contributed by atoms with Crippen molar-refractivity contribution >= 4 is 10.0 Å². The molecule has 0 aliphatic heterocycles. The first-order valence-corrected chi connectivity index (χ1v) is 8.18. The average molecular weight is 284 g/mol. The van der Waals surface area contributed by atoms with Crippen LogP contribution in [0.4, 0.5) is 0 Å². The van der Waals surface area contributed by atoms with E-state index in [9.17, 15) is 8.42 Å². The van der Waals surface area contributed by atoms with Gasteiger partial charge in [0.05, 0.1) is 6.10 Å². The molecule has 0 spiro atoms. The third-order valence-electron chi connectivity index (χ3n) is 3.21. The van der Waals surface area contributed by atoms with Crippen molar-refractivity contribution in [3.05, 3.63) is 24.5 Å². The highest BCUT2D eigenvalue weighted by atomic mass is 32.2. The lowest BCUT2D eigenvalue weighted by atomic mass is 10.3. The van der Waals surface area contributed by atoms with E-state index < -0.39 is 10.0 Å². The molecule has 1 aromatic rings. The molecule has 2 rings (SSSR count). The van der Waals surface area contributed by atoms with Gasteiger partial charge in [0, 0.05) is 25.5 Å². The first-order chi connectivity index (χ1) is 9.18. The minimum atomic E-state index is -3.43. The van der Waals surface area contributed by atoms with Crippen molar-refractivity contribution in [1.82, 2.24) is 9.71 Å². The average Bonchev–Trinajstić information content (AvgIpc) is 2.92. The lowest BCUT2D eigenvalue weighted by Gasteiger charge is -2.11. The Morgan fingerprint density at radius 1 is 1.37 bits per heavy atom. The topological polar surface area (TPSA) is 68.3 Å². The summed E-state index contributed by atoms with van der Waals surface area (Å²) in [5.41, 5.74) is 0. The Hall–Kier alpha value is -0.980. The highest BCUT2D eigenvalue weighted by Crippen LogP contribution is 2.20. The molecule has 0 radical (unpaired) electrons. The van der Waals surface area contributed by atoms with Gasteiger partial charge in [0.15, 0.2) is 0 Å². The Bertz CT molecular complexity index is 470. The van der Waals surface area contributed by atoms with Gasteiger partial charge in [-0.05, 0) is 31.4 Å². The van der Waals surface area contributed by atoms with Gasteiger partial charge in [-0.15, -0.1) is 0 Å². The second kappa shape index (κ2) is 6.98. The van der Waals surface area contributed by atoms with Crippen molar-refractivity contribution in [2.75, 3.05) is 13.2 Å². The first-order valence-electron chi connectivity index (χ1n) is 6.70. The second-order valence-corrected chi connectivity index (χ2v) is 6.48. The molecule has 1 N–H and O–H groups in total. The van der Waals surface area contributed by atoms with E-state index in [4.69, 9.17) is 4.74 Å². The van der Waals surface area contributed by atoms with Gasteiger partial charge in [-0.2, -0.15) is 0 Å². The molecule has 1 aromatic heterocycles. The Morgan fingerprint density at radius 3 is 2.84 bits per heavy atom. The molecule has 1 saturated carbocycles. The summed E-state index contributed by atoms with van der Waals surface area (Å²) in [5, 5.41) is 0. The van der Waals surface area contributed by atoms with Crippen LogP contribution in [0.25, 0.3) is 0 Å². The summed E-state index contributed by atoms with van der Waals surface area (Å²) in [6.45, 7) is 1.00. The lowest BCUT2D eigenvalue weighted by Crippen LogP contribution is -2.26. The monoisotopic (exact) mass is 284 g/mol. The molecule has 0 amide bonds. The van der Waals surface area contributed by atoms with Crippen LogP contribution in [0.5, 0.6) is 0 Å². The first kappa shape index (κ1) is 14.4. The van der Waals surface area contributed by atoms with E-state index in [1.165, 1.54) is 25.1 Å². The van der Waals surface area contributed by atoms with Crippen LogP contribution >= 0.6 is 0 Å². The summed E-state index contributed by atoms with van der Waals surface area (Å²) in [6, 6.07) is 3.14. The van der Waals surface area contributed by atoms with Crippen LogP contribution in [0.1, 0.15) is 32.1 Å². The zero-order valence-electron chi connectivity index (χ0n) is 10.9. The van der Waals surface area contributed by atoms with Crippen molar-refractivity contribution in [1.29, 1.82) is 0 Å². The molecule has 0 bridgehead atoms. The summed E-state index contributed by atoms with van der Waals surface area (Å²) < 4.78 is 31.9. The van der Waals surface area contributed by atoms with Crippen LogP contribution in [0.15, 0.2) is 29.4 Å². The molecule has 0 unspecified atom stereocenters. The molecule has 19 heavy (non-hydrogen) atoms. The van der Waals surface area contributed by atoms with E-state index >= 15 is 0 Å². The van der Waals surface area contributed by atoms with Crippen LogP contribution in [0, 0.1) is 0 Å². The molecular weight excluding hydrogens is 264 g/mol. The predicted octanol–water partition coefficient (Wildman–Crippen LogP) is 1.71. The van der Waals surface area contributed by atoms with E-state index in [1.54, 1.807) is 12.3 Å². The molecular formula is C13H20N2O3S. The van der Waals surface area contributed by atoms with E-state index in [0.29, 0.717) is 25.7 Å². The standard InChI is InChI=1S/C13H20N2O3S/c16-19(17,13-7-3-8-14-11-13)15-9-4-10-18-12-5-1-2-6-12/h3,7-8,11-12,15H,1-2,4-6,9-10H2. The van der Waals surface area contributed by atoms with E-state index in [0.717, 1.165) is 12.8 Å². The van der Waals surface area contributed by atoms with Crippen LogP contribution < -0.4 is 4.72 Å².